The highest BCUT2D eigenvalue weighted by atomic mass is 16.5. The third kappa shape index (κ3) is 9.73. The van der Waals surface area contributed by atoms with Crippen LogP contribution in [0.25, 0.3) is 0 Å². The van der Waals surface area contributed by atoms with E-state index < -0.39 is 0 Å². The lowest BCUT2D eigenvalue weighted by Crippen LogP contribution is -2.39. The van der Waals surface area contributed by atoms with Crippen LogP contribution in [0.1, 0.15) is 13.3 Å². The topological polar surface area (TPSA) is 48.9 Å². The summed E-state index contributed by atoms with van der Waals surface area (Å²) in [5, 5.41) is 6.45. The summed E-state index contributed by atoms with van der Waals surface area (Å²) in [4.78, 5) is 6.30. The van der Waals surface area contributed by atoms with E-state index in [4.69, 9.17) is 4.74 Å². The van der Waals surface area contributed by atoms with Gasteiger partial charge in [-0.05, 0) is 34.0 Å². The summed E-state index contributed by atoms with van der Waals surface area (Å²) in [6.07, 6.45) is 1.11. The Balaban J connectivity index is 3.45. The molecule has 0 amide bonds. The number of aliphatic imine (C=N–C) groups is 1. The van der Waals surface area contributed by atoms with Gasteiger partial charge in [0.25, 0.3) is 0 Å². The number of ether oxygens (including phenoxy) is 1. The van der Waals surface area contributed by atoms with E-state index in [-0.39, 0.29) is 0 Å². The monoisotopic (exact) mass is 230 g/mol. The predicted molar refractivity (Wildman–Crippen MR) is 69.0 cm³/mol. The fourth-order valence-electron chi connectivity index (χ4n) is 1.21. The van der Waals surface area contributed by atoms with Crippen LogP contribution in [0.5, 0.6) is 0 Å². The Kier molecular flexibility index (Phi) is 10.2. The summed E-state index contributed by atoms with van der Waals surface area (Å²) in [5.41, 5.74) is 0. The first kappa shape index (κ1) is 15.2. The number of hydrogen-bond donors (Lipinski definition) is 2. The van der Waals surface area contributed by atoms with Crippen molar-refractivity contribution in [2.45, 2.75) is 13.3 Å². The van der Waals surface area contributed by atoms with Crippen molar-refractivity contribution in [1.29, 1.82) is 0 Å². The molecule has 0 radical (unpaired) electrons. The van der Waals surface area contributed by atoms with Gasteiger partial charge < -0.3 is 20.3 Å². The molecule has 0 fully saturated rings. The Hall–Kier alpha value is -0.810. The van der Waals surface area contributed by atoms with Gasteiger partial charge in [-0.25, -0.2) is 0 Å². The quantitative estimate of drug-likeness (QED) is 0.354. The molecule has 0 rings (SSSR count). The predicted octanol–water partition coefficient (Wildman–Crippen LogP) is 0.140. The molecule has 0 aromatic rings. The fraction of sp³-hybridized carbons (Fsp3) is 0.909. The van der Waals surface area contributed by atoms with Crippen molar-refractivity contribution in [3.8, 4) is 0 Å². The van der Waals surface area contributed by atoms with Crippen molar-refractivity contribution in [3.05, 3.63) is 0 Å². The maximum atomic E-state index is 5.23. The van der Waals surface area contributed by atoms with Crippen molar-refractivity contribution in [1.82, 2.24) is 15.5 Å². The molecule has 5 heteroatoms. The molecule has 0 aliphatic heterocycles. The summed E-state index contributed by atoms with van der Waals surface area (Å²) in [5.74, 6) is 0.846. The molecule has 0 aromatic heterocycles. The van der Waals surface area contributed by atoms with Gasteiger partial charge in [-0.3, -0.25) is 4.99 Å². The Morgan fingerprint density at radius 3 is 2.50 bits per heavy atom. The molecular formula is C11H26N4O. The fourth-order valence-corrected chi connectivity index (χ4v) is 1.21. The minimum atomic E-state index is 0.717. The average Bonchev–Trinajstić information content (AvgIpc) is 2.26. The lowest BCUT2D eigenvalue weighted by Gasteiger charge is -2.13. The summed E-state index contributed by atoms with van der Waals surface area (Å²) >= 11 is 0. The van der Waals surface area contributed by atoms with Crippen molar-refractivity contribution in [3.63, 3.8) is 0 Å². The van der Waals surface area contributed by atoms with E-state index in [0.29, 0.717) is 0 Å². The third-order valence-electron chi connectivity index (χ3n) is 2.04. The van der Waals surface area contributed by atoms with Gasteiger partial charge in [-0.1, -0.05) is 0 Å². The van der Waals surface area contributed by atoms with E-state index in [2.05, 4.69) is 34.6 Å². The zero-order valence-corrected chi connectivity index (χ0v) is 11.0. The van der Waals surface area contributed by atoms with Crippen LogP contribution >= 0.6 is 0 Å². The average molecular weight is 230 g/mol. The van der Waals surface area contributed by atoms with Gasteiger partial charge in [-0.2, -0.15) is 0 Å². The molecule has 96 valence electrons. The van der Waals surface area contributed by atoms with Gasteiger partial charge in [0, 0.05) is 26.7 Å². The van der Waals surface area contributed by atoms with Crippen LogP contribution in [0.3, 0.4) is 0 Å². The molecule has 0 spiro atoms. The Morgan fingerprint density at radius 2 is 1.94 bits per heavy atom. The lowest BCUT2D eigenvalue weighted by atomic mass is 10.4. The maximum absolute atomic E-state index is 5.23. The van der Waals surface area contributed by atoms with E-state index in [1.165, 1.54) is 0 Å². The highest BCUT2D eigenvalue weighted by Crippen LogP contribution is 1.81. The van der Waals surface area contributed by atoms with Gasteiger partial charge in [0.15, 0.2) is 5.96 Å². The number of nitrogens with zero attached hydrogens (tertiary/aromatic N) is 2. The van der Waals surface area contributed by atoms with Gasteiger partial charge in [0.1, 0.15) is 0 Å². The second-order valence-corrected chi connectivity index (χ2v) is 3.78. The Labute approximate surface area is 99.3 Å². The molecular weight excluding hydrogens is 204 g/mol. The number of guanidine groups is 1. The van der Waals surface area contributed by atoms with Crippen molar-refractivity contribution >= 4 is 5.96 Å². The SMILES string of the molecule is CCOCCNC(=NC)NCCCN(C)C. The minimum Gasteiger partial charge on any atom is -0.380 e. The van der Waals surface area contributed by atoms with Crippen LogP contribution in [0.4, 0.5) is 0 Å². The standard InChI is InChI=1S/C11H26N4O/c1-5-16-10-8-14-11(12-2)13-7-6-9-15(3)4/h5-10H2,1-4H3,(H2,12,13,14). The number of hydrogen-bond acceptors (Lipinski definition) is 3. The summed E-state index contributed by atoms with van der Waals surface area (Å²) in [7, 11) is 5.94. The van der Waals surface area contributed by atoms with Crippen LogP contribution in [0.15, 0.2) is 4.99 Å². The van der Waals surface area contributed by atoms with Crippen LogP contribution in [0.2, 0.25) is 0 Å². The van der Waals surface area contributed by atoms with E-state index in [9.17, 15) is 0 Å². The lowest BCUT2D eigenvalue weighted by molar-refractivity contribution is 0.152. The molecule has 2 N–H and O–H groups in total. The van der Waals surface area contributed by atoms with Gasteiger partial charge in [-0.15, -0.1) is 0 Å². The second kappa shape index (κ2) is 10.7. The van der Waals surface area contributed by atoms with Crippen LogP contribution in [-0.4, -0.2) is 64.9 Å². The Morgan fingerprint density at radius 1 is 1.25 bits per heavy atom. The molecule has 0 saturated heterocycles. The molecule has 0 aliphatic rings. The summed E-state index contributed by atoms with van der Waals surface area (Å²) in [6, 6.07) is 0. The second-order valence-electron chi connectivity index (χ2n) is 3.78. The smallest absolute Gasteiger partial charge is 0.191 e. The van der Waals surface area contributed by atoms with E-state index in [1.807, 2.05) is 6.92 Å². The van der Waals surface area contributed by atoms with Crippen molar-refractivity contribution in [2.75, 3.05) is 54.0 Å². The molecule has 0 aliphatic carbocycles. The van der Waals surface area contributed by atoms with Crippen molar-refractivity contribution in [2.24, 2.45) is 4.99 Å². The zero-order valence-electron chi connectivity index (χ0n) is 11.0. The third-order valence-corrected chi connectivity index (χ3v) is 2.04. The summed E-state index contributed by atoms with van der Waals surface area (Å²) < 4.78 is 5.23. The molecule has 0 aromatic carbocycles. The summed E-state index contributed by atoms with van der Waals surface area (Å²) in [6.45, 7) is 6.29. The number of nitrogens with one attached hydrogen (secondary N) is 2. The highest BCUT2D eigenvalue weighted by molar-refractivity contribution is 5.79. The first-order valence-corrected chi connectivity index (χ1v) is 5.87. The van der Waals surface area contributed by atoms with Gasteiger partial charge in [0.2, 0.25) is 0 Å². The number of rotatable bonds is 8. The van der Waals surface area contributed by atoms with Crippen LogP contribution < -0.4 is 10.6 Å². The van der Waals surface area contributed by atoms with Crippen LogP contribution in [0, 0.1) is 0 Å². The molecule has 0 heterocycles. The molecule has 0 atom stereocenters. The normalized spacial score (nSPS) is 11.9. The molecule has 5 nitrogen and oxygen atoms in total. The van der Waals surface area contributed by atoms with E-state index >= 15 is 0 Å². The minimum absolute atomic E-state index is 0.717. The first-order valence-electron chi connectivity index (χ1n) is 5.87. The molecule has 16 heavy (non-hydrogen) atoms. The van der Waals surface area contributed by atoms with E-state index in [0.717, 1.165) is 45.2 Å². The largest absolute Gasteiger partial charge is 0.380 e. The Bertz CT molecular complexity index is 183. The molecule has 0 bridgehead atoms. The molecule has 0 unspecified atom stereocenters. The van der Waals surface area contributed by atoms with Crippen LogP contribution in [-0.2, 0) is 4.74 Å². The van der Waals surface area contributed by atoms with Gasteiger partial charge in [0.05, 0.1) is 6.61 Å². The van der Waals surface area contributed by atoms with Crippen molar-refractivity contribution < 1.29 is 4.74 Å². The first-order chi connectivity index (χ1) is 7.70. The molecule has 0 saturated carbocycles. The highest BCUT2D eigenvalue weighted by Gasteiger charge is 1.96. The zero-order chi connectivity index (χ0) is 12.2. The van der Waals surface area contributed by atoms with E-state index in [1.54, 1.807) is 7.05 Å². The van der Waals surface area contributed by atoms with Gasteiger partial charge >= 0.3 is 0 Å². The maximum Gasteiger partial charge on any atom is 0.191 e.